The summed E-state index contributed by atoms with van der Waals surface area (Å²) >= 11 is 0. The molecule has 5 nitrogen and oxygen atoms in total. The second-order valence-electron chi connectivity index (χ2n) is 9.55. The molecule has 5 rings (SSSR count). The summed E-state index contributed by atoms with van der Waals surface area (Å²) < 4.78 is 38.5. The highest BCUT2D eigenvalue weighted by molar-refractivity contribution is 7.92. The van der Waals surface area contributed by atoms with Crippen LogP contribution in [-0.2, 0) is 19.4 Å². The first kappa shape index (κ1) is 24.3. The number of benzene rings is 4. The van der Waals surface area contributed by atoms with Crippen LogP contribution in [0.4, 0.5) is 0 Å². The summed E-state index contributed by atoms with van der Waals surface area (Å²) in [6, 6.07) is 24.6. The van der Waals surface area contributed by atoms with Crippen LogP contribution in [0.3, 0.4) is 0 Å². The molecule has 1 aliphatic rings. The lowest BCUT2D eigenvalue weighted by atomic mass is 9.95. The largest absolute Gasteiger partial charge is 0.497 e. The van der Waals surface area contributed by atoms with E-state index in [0.29, 0.717) is 12.8 Å². The fourth-order valence-corrected chi connectivity index (χ4v) is 7.06. The smallest absolute Gasteiger partial charge is 0.313 e. The van der Waals surface area contributed by atoms with Crippen molar-refractivity contribution in [3.8, 4) is 5.75 Å². The molecule has 0 spiro atoms. The van der Waals surface area contributed by atoms with Crippen molar-refractivity contribution in [2.45, 2.75) is 54.8 Å². The van der Waals surface area contributed by atoms with Gasteiger partial charge in [-0.1, -0.05) is 61.0 Å². The van der Waals surface area contributed by atoms with Crippen molar-refractivity contribution in [3.63, 3.8) is 0 Å². The predicted octanol–water partition coefficient (Wildman–Crippen LogP) is 6.43. The number of hydrogen-bond donors (Lipinski definition) is 0. The lowest BCUT2D eigenvalue weighted by Crippen LogP contribution is -2.40. The van der Waals surface area contributed by atoms with E-state index in [2.05, 4.69) is 0 Å². The molecule has 0 bridgehead atoms. The molecule has 3 atom stereocenters. The van der Waals surface area contributed by atoms with E-state index in [-0.39, 0.29) is 4.90 Å². The molecule has 0 saturated heterocycles. The number of methoxy groups -OCH3 is 1. The highest BCUT2D eigenvalue weighted by Crippen LogP contribution is 2.34. The molecule has 1 aliphatic carbocycles. The zero-order chi connectivity index (χ0) is 25.3. The van der Waals surface area contributed by atoms with Gasteiger partial charge in [-0.15, -0.1) is 0 Å². The molecule has 0 aromatic heterocycles. The third kappa shape index (κ3) is 4.70. The number of carbonyl (C=O) groups excluding carboxylic acids is 1. The number of hydrogen-bond acceptors (Lipinski definition) is 5. The van der Waals surface area contributed by atoms with E-state index in [0.717, 1.165) is 45.7 Å². The van der Waals surface area contributed by atoms with Crippen molar-refractivity contribution in [2.75, 3.05) is 7.11 Å². The van der Waals surface area contributed by atoms with E-state index >= 15 is 0 Å². The Morgan fingerprint density at radius 1 is 0.833 bits per heavy atom. The molecular formula is C30H30O5S. The Morgan fingerprint density at radius 3 is 2.31 bits per heavy atom. The van der Waals surface area contributed by atoms with Crippen molar-refractivity contribution in [3.05, 3.63) is 84.4 Å². The molecule has 0 aliphatic heterocycles. The van der Waals surface area contributed by atoms with Crippen LogP contribution >= 0.6 is 0 Å². The average molecular weight is 503 g/mol. The minimum atomic E-state index is -3.66. The van der Waals surface area contributed by atoms with E-state index in [1.807, 2.05) is 73.7 Å². The molecule has 0 heterocycles. The van der Waals surface area contributed by atoms with Gasteiger partial charge in [-0.25, -0.2) is 8.42 Å². The van der Waals surface area contributed by atoms with Gasteiger partial charge in [0.15, 0.2) is 9.84 Å². The van der Waals surface area contributed by atoms with E-state index in [9.17, 15) is 13.2 Å². The minimum absolute atomic E-state index is 0.284. The van der Waals surface area contributed by atoms with Gasteiger partial charge in [0, 0.05) is 0 Å². The van der Waals surface area contributed by atoms with Gasteiger partial charge in [-0.2, -0.15) is 0 Å². The summed E-state index contributed by atoms with van der Waals surface area (Å²) in [6.45, 7) is 1.81. The summed E-state index contributed by atoms with van der Waals surface area (Å²) in [5, 5.41) is 3.15. The number of esters is 1. The second kappa shape index (κ2) is 9.94. The van der Waals surface area contributed by atoms with E-state index in [1.54, 1.807) is 19.2 Å². The normalized spacial score (nSPS) is 19.2. The number of sulfone groups is 1. The molecule has 0 N–H and O–H groups in total. The maximum Gasteiger partial charge on any atom is 0.313 e. The van der Waals surface area contributed by atoms with Gasteiger partial charge in [-0.05, 0) is 77.6 Å². The van der Waals surface area contributed by atoms with Gasteiger partial charge in [0.2, 0.25) is 0 Å². The number of fused-ring (bicyclic) bond motifs is 2. The molecule has 36 heavy (non-hydrogen) atoms. The standard InChI is InChI=1S/C30H30O5S/c1-20(22-11-12-25-18-26(34-2)15-13-24(25)17-22)30(31)35-28-9-5-6-10-29(28)36(32,33)27-16-14-21-7-3-4-8-23(21)19-27/h3-4,7-8,11-20,28-29H,5-6,9-10H2,1-2H3/t20-,28-,29-/m0/s1. The van der Waals surface area contributed by atoms with Gasteiger partial charge in [0.05, 0.1) is 17.9 Å². The van der Waals surface area contributed by atoms with Crippen LogP contribution < -0.4 is 4.74 Å². The monoisotopic (exact) mass is 502 g/mol. The summed E-state index contributed by atoms with van der Waals surface area (Å²) in [7, 11) is -2.03. The van der Waals surface area contributed by atoms with Crippen LogP contribution in [0, 0.1) is 0 Å². The van der Waals surface area contributed by atoms with Crippen molar-refractivity contribution < 1.29 is 22.7 Å². The maximum atomic E-state index is 13.7. The highest BCUT2D eigenvalue weighted by Gasteiger charge is 2.39. The first-order valence-electron chi connectivity index (χ1n) is 12.4. The van der Waals surface area contributed by atoms with Gasteiger partial charge in [0.25, 0.3) is 0 Å². The summed E-state index contributed by atoms with van der Waals surface area (Å²) in [6.07, 6.45) is 2.02. The van der Waals surface area contributed by atoms with Crippen LogP contribution in [0.5, 0.6) is 5.75 Å². The second-order valence-corrected chi connectivity index (χ2v) is 11.7. The highest BCUT2D eigenvalue weighted by atomic mass is 32.2. The summed E-state index contributed by atoms with van der Waals surface area (Å²) in [4.78, 5) is 13.5. The Labute approximate surface area is 212 Å². The van der Waals surface area contributed by atoms with Gasteiger partial charge in [-0.3, -0.25) is 4.79 Å². The van der Waals surface area contributed by atoms with Gasteiger partial charge in [0.1, 0.15) is 17.1 Å². The zero-order valence-electron chi connectivity index (χ0n) is 20.5. The Balaban J connectivity index is 1.37. The molecule has 0 unspecified atom stereocenters. The average Bonchev–Trinajstić information content (AvgIpc) is 2.91. The Kier molecular flexibility index (Phi) is 6.71. The number of rotatable bonds is 6. The summed E-state index contributed by atoms with van der Waals surface area (Å²) in [5.74, 6) is -0.130. The Morgan fingerprint density at radius 2 is 1.50 bits per heavy atom. The van der Waals surface area contributed by atoms with Crippen molar-refractivity contribution in [1.82, 2.24) is 0 Å². The van der Waals surface area contributed by atoms with Crippen LogP contribution in [0.15, 0.2) is 83.8 Å². The van der Waals surface area contributed by atoms with Crippen LogP contribution in [0.1, 0.15) is 44.1 Å². The molecule has 4 aromatic carbocycles. The minimum Gasteiger partial charge on any atom is -0.497 e. The molecule has 186 valence electrons. The number of ether oxygens (including phenoxy) is 2. The van der Waals surface area contributed by atoms with Crippen LogP contribution in [0.2, 0.25) is 0 Å². The van der Waals surface area contributed by atoms with Crippen molar-refractivity contribution >= 4 is 37.4 Å². The third-order valence-corrected chi connectivity index (χ3v) is 9.53. The van der Waals surface area contributed by atoms with Crippen LogP contribution in [0.25, 0.3) is 21.5 Å². The molecule has 4 aromatic rings. The quantitative estimate of drug-likeness (QED) is 0.284. The fraction of sp³-hybridized carbons (Fsp3) is 0.300. The van der Waals surface area contributed by atoms with Crippen molar-refractivity contribution in [2.24, 2.45) is 0 Å². The molecular weight excluding hydrogens is 472 g/mol. The molecule has 6 heteroatoms. The van der Waals surface area contributed by atoms with Crippen LogP contribution in [-0.4, -0.2) is 32.9 Å². The Bertz CT molecular complexity index is 1530. The molecule has 1 fully saturated rings. The predicted molar refractivity (Wildman–Crippen MR) is 142 cm³/mol. The van der Waals surface area contributed by atoms with Crippen molar-refractivity contribution in [1.29, 1.82) is 0 Å². The first-order valence-corrected chi connectivity index (χ1v) is 13.9. The third-order valence-electron chi connectivity index (χ3n) is 7.28. The first-order chi connectivity index (χ1) is 17.4. The number of carbonyl (C=O) groups is 1. The van der Waals surface area contributed by atoms with E-state index < -0.39 is 33.1 Å². The summed E-state index contributed by atoms with van der Waals surface area (Å²) in [5.41, 5.74) is 0.836. The Hall–Kier alpha value is -3.38. The molecule has 0 amide bonds. The lowest BCUT2D eigenvalue weighted by molar-refractivity contribution is -0.151. The zero-order valence-corrected chi connectivity index (χ0v) is 21.3. The van der Waals surface area contributed by atoms with E-state index in [1.165, 1.54) is 0 Å². The SMILES string of the molecule is COc1ccc2cc([C@H](C)C(=O)O[C@H]3CCCC[C@@H]3S(=O)(=O)c3ccc4ccccc4c3)ccc2c1. The topological polar surface area (TPSA) is 69.7 Å². The molecule has 1 saturated carbocycles. The van der Waals surface area contributed by atoms with E-state index in [4.69, 9.17) is 9.47 Å². The molecule has 0 radical (unpaired) electrons. The van der Waals surface area contributed by atoms with Gasteiger partial charge < -0.3 is 9.47 Å². The van der Waals surface area contributed by atoms with Gasteiger partial charge >= 0.3 is 5.97 Å². The lowest BCUT2D eigenvalue weighted by Gasteiger charge is -2.31. The maximum absolute atomic E-state index is 13.7. The fourth-order valence-electron chi connectivity index (χ4n) is 5.10.